The molecule has 1 amide bonds. The van der Waals surface area contributed by atoms with Gasteiger partial charge in [0.05, 0.1) is 0 Å². The lowest BCUT2D eigenvalue weighted by Crippen LogP contribution is -2.59. The average Bonchev–Trinajstić information content (AvgIpc) is 3.11. The van der Waals surface area contributed by atoms with E-state index in [2.05, 4.69) is 5.32 Å². The number of rotatable bonds is 1. The van der Waals surface area contributed by atoms with Gasteiger partial charge < -0.3 is 11.1 Å². The maximum Gasteiger partial charge on any atom is 0.237 e. The molecule has 2 atom stereocenters. The summed E-state index contributed by atoms with van der Waals surface area (Å²) in [6.45, 7) is 0. The number of anilines is 1. The lowest BCUT2D eigenvalue weighted by Gasteiger charge is -2.38. The van der Waals surface area contributed by atoms with Gasteiger partial charge in [0.15, 0.2) is 5.78 Å². The molecule has 4 nitrogen and oxygen atoms in total. The second-order valence-corrected chi connectivity index (χ2v) is 7.74. The zero-order valence-corrected chi connectivity index (χ0v) is 15.2. The minimum Gasteiger partial charge on any atom is -0.325 e. The average molecular weight is 377 g/mol. The molecule has 5 rings (SSSR count). The fraction of sp³-hybridized carbons (Fsp3) is 0.182. The van der Waals surface area contributed by atoms with Crippen molar-refractivity contribution in [2.45, 2.75) is 23.8 Å². The van der Waals surface area contributed by atoms with Crippen molar-refractivity contribution in [1.82, 2.24) is 0 Å². The molecule has 27 heavy (non-hydrogen) atoms. The van der Waals surface area contributed by atoms with Gasteiger partial charge in [-0.05, 0) is 40.5 Å². The van der Waals surface area contributed by atoms with Gasteiger partial charge in [0, 0.05) is 17.1 Å². The molecule has 0 aromatic heterocycles. The Balaban J connectivity index is 1.85. The van der Waals surface area contributed by atoms with Gasteiger partial charge in [0.25, 0.3) is 0 Å². The largest absolute Gasteiger partial charge is 0.325 e. The van der Waals surface area contributed by atoms with Gasteiger partial charge in [0.1, 0.15) is 11.0 Å². The van der Waals surface area contributed by atoms with Crippen molar-refractivity contribution in [1.29, 1.82) is 0 Å². The highest BCUT2D eigenvalue weighted by atomic mass is 35.5. The lowest BCUT2D eigenvalue weighted by molar-refractivity contribution is -0.129. The molecule has 1 heterocycles. The third-order valence-corrected chi connectivity index (χ3v) is 6.37. The molecule has 3 aromatic carbocycles. The SMILES string of the molecule is N[C@]1(c2cccc3ccccc23)C(=O)CC[C@]12C(=O)Nc1cc(Cl)ccc12. The first kappa shape index (κ1) is 16.5. The number of amides is 1. The number of hydrogen-bond donors (Lipinski definition) is 2. The van der Waals surface area contributed by atoms with Gasteiger partial charge in [-0.15, -0.1) is 0 Å². The summed E-state index contributed by atoms with van der Waals surface area (Å²) in [6.07, 6.45) is 0.640. The zero-order chi connectivity index (χ0) is 18.8. The number of benzene rings is 3. The van der Waals surface area contributed by atoms with Crippen LogP contribution in [0.5, 0.6) is 0 Å². The molecule has 0 unspecified atom stereocenters. The van der Waals surface area contributed by atoms with Gasteiger partial charge in [-0.2, -0.15) is 0 Å². The fourth-order valence-electron chi connectivity index (χ4n) is 4.87. The number of nitrogens with one attached hydrogen (secondary N) is 1. The molecule has 0 radical (unpaired) electrons. The van der Waals surface area contributed by atoms with Crippen LogP contribution in [0.2, 0.25) is 5.02 Å². The maximum atomic E-state index is 13.3. The molecular weight excluding hydrogens is 360 g/mol. The number of carbonyl (C=O) groups excluding carboxylic acids is 2. The van der Waals surface area contributed by atoms with Gasteiger partial charge in [-0.25, -0.2) is 0 Å². The molecule has 2 aliphatic rings. The molecule has 1 saturated carbocycles. The predicted octanol–water partition coefficient (Wildman–Crippen LogP) is 3.90. The van der Waals surface area contributed by atoms with Crippen LogP contribution < -0.4 is 11.1 Å². The van der Waals surface area contributed by atoms with Gasteiger partial charge >= 0.3 is 0 Å². The standard InChI is InChI=1S/C22H17ClN2O2/c23-14-8-9-17-18(12-14)25-20(27)21(17)11-10-19(26)22(21,24)16-7-3-5-13-4-1-2-6-15(13)16/h1-9,12H,10-11,24H2,(H,25,27)/t21-,22+/m0/s1. The molecule has 3 aromatic rings. The van der Waals surface area contributed by atoms with E-state index in [1.54, 1.807) is 12.1 Å². The highest BCUT2D eigenvalue weighted by molar-refractivity contribution is 6.31. The Morgan fingerprint density at radius 2 is 1.74 bits per heavy atom. The van der Waals surface area contributed by atoms with Gasteiger partial charge in [-0.1, -0.05) is 60.1 Å². The van der Waals surface area contributed by atoms with E-state index in [-0.39, 0.29) is 18.1 Å². The summed E-state index contributed by atoms with van der Waals surface area (Å²) in [5.74, 6) is -0.349. The highest BCUT2D eigenvalue weighted by Gasteiger charge is 2.67. The van der Waals surface area contributed by atoms with Crippen LogP contribution in [0.25, 0.3) is 10.8 Å². The molecule has 0 saturated heterocycles. The number of hydrogen-bond acceptors (Lipinski definition) is 3. The molecule has 5 heteroatoms. The van der Waals surface area contributed by atoms with Crippen molar-refractivity contribution < 1.29 is 9.59 Å². The summed E-state index contributed by atoms with van der Waals surface area (Å²) >= 11 is 6.11. The van der Waals surface area contributed by atoms with E-state index < -0.39 is 11.0 Å². The van der Waals surface area contributed by atoms with E-state index in [0.29, 0.717) is 22.7 Å². The summed E-state index contributed by atoms with van der Waals surface area (Å²) in [4.78, 5) is 26.4. The summed E-state index contributed by atoms with van der Waals surface area (Å²) in [7, 11) is 0. The number of halogens is 1. The molecule has 1 fully saturated rings. The van der Waals surface area contributed by atoms with E-state index >= 15 is 0 Å². The number of fused-ring (bicyclic) bond motifs is 3. The number of carbonyl (C=O) groups is 2. The molecule has 1 spiro atoms. The summed E-state index contributed by atoms with van der Waals surface area (Å²) in [5.41, 5.74) is 6.45. The second kappa shape index (κ2) is 5.41. The summed E-state index contributed by atoms with van der Waals surface area (Å²) in [6, 6.07) is 18.8. The molecule has 1 aliphatic carbocycles. The lowest BCUT2D eigenvalue weighted by atomic mass is 9.64. The van der Waals surface area contributed by atoms with Gasteiger partial charge in [0.2, 0.25) is 5.91 Å². The molecule has 1 aliphatic heterocycles. The van der Waals surface area contributed by atoms with Crippen molar-refractivity contribution in [3.05, 3.63) is 76.8 Å². The zero-order valence-electron chi connectivity index (χ0n) is 14.5. The first-order valence-electron chi connectivity index (χ1n) is 8.90. The van der Waals surface area contributed by atoms with E-state index in [1.807, 2.05) is 48.5 Å². The Morgan fingerprint density at radius 3 is 2.59 bits per heavy atom. The minimum absolute atomic E-state index is 0.114. The summed E-state index contributed by atoms with van der Waals surface area (Å²) in [5, 5.41) is 5.33. The normalized spacial score (nSPS) is 26.6. The monoisotopic (exact) mass is 376 g/mol. The van der Waals surface area contributed by atoms with Crippen molar-refractivity contribution in [2.75, 3.05) is 5.32 Å². The molecule has 0 bridgehead atoms. The van der Waals surface area contributed by atoms with Crippen LogP contribution in [0.15, 0.2) is 60.7 Å². The second-order valence-electron chi connectivity index (χ2n) is 7.31. The maximum absolute atomic E-state index is 13.3. The third kappa shape index (κ3) is 1.92. The smallest absolute Gasteiger partial charge is 0.237 e. The predicted molar refractivity (Wildman–Crippen MR) is 106 cm³/mol. The van der Waals surface area contributed by atoms with Crippen molar-refractivity contribution in [3.63, 3.8) is 0 Å². The van der Waals surface area contributed by atoms with Crippen LogP contribution in [-0.4, -0.2) is 11.7 Å². The Morgan fingerprint density at radius 1 is 0.963 bits per heavy atom. The number of Topliss-reactive ketones (excluding diaryl/α,β-unsaturated/α-hetero) is 1. The number of ketones is 1. The Labute approximate surface area is 161 Å². The molecular formula is C22H17ClN2O2. The first-order chi connectivity index (χ1) is 13.0. The minimum atomic E-state index is -1.43. The Kier molecular flexibility index (Phi) is 3.30. The topological polar surface area (TPSA) is 72.2 Å². The summed E-state index contributed by atoms with van der Waals surface area (Å²) < 4.78 is 0. The van der Waals surface area contributed by atoms with Crippen LogP contribution in [-0.2, 0) is 20.5 Å². The molecule has 3 N–H and O–H groups in total. The molecule has 134 valence electrons. The Bertz CT molecular complexity index is 1140. The van der Waals surface area contributed by atoms with E-state index in [1.165, 1.54) is 0 Å². The van der Waals surface area contributed by atoms with Crippen molar-refractivity contribution in [3.8, 4) is 0 Å². The van der Waals surface area contributed by atoms with E-state index in [0.717, 1.165) is 16.3 Å². The van der Waals surface area contributed by atoms with Gasteiger partial charge in [-0.3, -0.25) is 9.59 Å². The van der Waals surface area contributed by atoms with Crippen LogP contribution >= 0.6 is 11.6 Å². The van der Waals surface area contributed by atoms with Crippen molar-refractivity contribution in [2.24, 2.45) is 5.73 Å². The quantitative estimate of drug-likeness (QED) is 0.676. The van der Waals surface area contributed by atoms with Crippen LogP contribution in [0.1, 0.15) is 24.0 Å². The van der Waals surface area contributed by atoms with Crippen LogP contribution in [0, 0.1) is 0 Å². The van der Waals surface area contributed by atoms with E-state index in [4.69, 9.17) is 17.3 Å². The third-order valence-electron chi connectivity index (χ3n) is 6.13. The fourth-order valence-corrected chi connectivity index (χ4v) is 5.04. The van der Waals surface area contributed by atoms with Crippen LogP contribution in [0.4, 0.5) is 5.69 Å². The first-order valence-corrected chi connectivity index (χ1v) is 9.28. The highest BCUT2D eigenvalue weighted by Crippen LogP contribution is 2.57. The van der Waals surface area contributed by atoms with E-state index in [9.17, 15) is 9.59 Å². The van der Waals surface area contributed by atoms with Crippen LogP contribution in [0.3, 0.4) is 0 Å². The Hall–Kier alpha value is -2.69. The van der Waals surface area contributed by atoms with Crippen molar-refractivity contribution >= 4 is 39.8 Å². The number of nitrogens with two attached hydrogens (primary N) is 1.